The van der Waals surface area contributed by atoms with Crippen molar-refractivity contribution in [3.63, 3.8) is 0 Å². The molecule has 0 bridgehead atoms. The summed E-state index contributed by atoms with van der Waals surface area (Å²) in [5, 5.41) is 9.94. The molecule has 2 N–H and O–H groups in total. The Morgan fingerprint density at radius 1 is 1.21 bits per heavy atom. The maximum Gasteiger partial charge on any atom is 0.322 e. The van der Waals surface area contributed by atoms with Crippen LogP contribution in [0.5, 0.6) is 5.75 Å². The molecule has 2 atom stereocenters. The second-order valence-electron chi connectivity index (χ2n) is 8.02. The normalized spacial score (nSPS) is 17.5. The highest BCUT2D eigenvalue weighted by Gasteiger charge is 2.37. The first-order valence-electron chi connectivity index (χ1n) is 10.6. The van der Waals surface area contributed by atoms with Gasteiger partial charge in [0.05, 0.1) is 43.4 Å². The van der Waals surface area contributed by atoms with Crippen LogP contribution in [0.3, 0.4) is 0 Å². The third-order valence-corrected chi connectivity index (χ3v) is 5.33. The maximum atomic E-state index is 13.2. The molecule has 4 amide bonds. The van der Waals surface area contributed by atoms with E-state index < -0.39 is 0 Å². The lowest BCUT2D eigenvalue weighted by molar-refractivity contribution is -0.133. The van der Waals surface area contributed by atoms with Crippen LogP contribution in [0.2, 0.25) is 0 Å². The predicted octanol–water partition coefficient (Wildman–Crippen LogP) is 1.80. The van der Waals surface area contributed by atoms with Crippen LogP contribution in [0.1, 0.15) is 19.4 Å². The minimum absolute atomic E-state index is 0.0649. The molecule has 11 nitrogen and oxygen atoms in total. The lowest BCUT2D eigenvalue weighted by Gasteiger charge is -2.25. The van der Waals surface area contributed by atoms with E-state index in [0.717, 1.165) is 0 Å². The third-order valence-electron chi connectivity index (χ3n) is 5.33. The lowest BCUT2D eigenvalue weighted by atomic mass is 10.2. The smallest absolute Gasteiger partial charge is 0.322 e. The molecule has 1 aromatic carbocycles. The molecule has 0 aliphatic carbocycles. The topological polar surface area (TPSA) is 118 Å². The van der Waals surface area contributed by atoms with Gasteiger partial charge in [0.2, 0.25) is 11.8 Å². The largest absolute Gasteiger partial charge is 0.495 e. The van der Waals surface area contributed by atoms with Crippen LogP contribution in [-0.4, -0.2) is 84.4 Å². The third kappa shape index (κ3) is 6.22. The van der Waals surface area contributed by atoms with Gasteiger partial charge in [0.15, 0.2) is 0 Å². The number of hydrogen-bond donors (Lipinski definition) is 2. The van der Waals surface area contributed by atoms with Gasteiger partial charge < -0.3 is 29.9 Å². The molecular formula is C22H30N6O5. The fraction of sp³-hybridized carbons (Fsp3) is 0.455. The van der Waals surface area contributed by atoms with Gasteiger partial charge in [-0.2, -0.15) is 5.10 Å². The van der Waals surface area contributed by atoms with Crippen molar-refractivity contribution in [2.24, 2.45) is 0 Å². The standard InChI is InChI=1S/C22H30N6O5/c1-15(29)24-16-10-23-28(11-16)17-9-18(13-33-14-21(30)26(2)3)27(12-17)22(31)25-19-7-5-6-8-20(19)32-4/h5-8,10-11,17-18H,9,12-14H2,1-4H3,(H,24,29)(H,25,31)/t17-,18-/m0/s1. The van der Waals surface area contributed by atoms with Crippen molar-refractivity contribution in [1.82, 2.24) is 19.6 Å². The number of nitrogens with zero attached hydrogens (tertiary/aromatic N) is 4. The van der Waals surface area contributed by atoms with Gasteiger partial charge in [-0.3, -0.25) is 14.3 Å². The summed E-state index contributed by atoms with van der Waals surface area (Å²) in [6, 6.07) is 6.47. The molecule has 3 rings (SSSR count). The van der Waals surface area contributed by atoms with Crippen LogP contribution >= 0.6 is 0 Å². The van der Waals surface area contributed by atoms with E-state index in [1.807, 2.05) is 12.1 Å². The van der Waals surface area contributed by atoms with E-state index in [-0.39, 0.29) is 43.1 Å². The Kier molecular flexibility index (Phi) is 7.88. The van der Waals surface area contributed by atoms with E-state index in [1.54, 1.807) is 55.3 Å². The highest BCUT2D eigenvalue weighted by Crippen LogP contribution is 2.30. The molecule has 1 aliphatic heterocycles. The fourth-order valence-corrected chi connectivity index (χ4v) is 3.64. The zero-order chi connectivity index (χ0) is 24.0. The average Bonchev–Trinajstić information content (AvgIpc) is 3.40. The van der Waals surface area contributed by atoms with Gasteiger partial charge in [-0.25, -0.2) is 4.79 Å². The van der Waals surface area contributed by atoms with E-state index in [4.69, 9.17) is 9.47 Å². The van der Waals surface area contributed by atoms with Crippen molar-refractivity contribution >= 4 is 29.2 Å². The zero-order valence-corrected chi connectivity index (χ0v) is 19.3. The average molecular weight is 459 g/mol. The number of carbonyl (C=O) groups is 3. The SMILES string of the molecule is COc1ccccc1NC(=O)N1C[C@@H](n2cc(NC(C)=O)cn2)C[C@H]1COCC(=O)N(C)C. The van der Waals surface area contributed by atoms with E-state index in [9.17, 15) is 14.4 Å². The van der Waals surface area contributed by atoms with Gasteiger partial charge in [-0.15, -0.1) is 0 Å². The number of urea groups is 1. The quantitative estimate of drug-likeness (QED) is 0.623. The van der Waals surface area contributed by atoms with Crippen molar-refractivity contribution in [1.29, 1.82) is 0 Å². The molecule has 33 heavy (non-hydrogen) atoms. The van der Waals surface area contributed by atoms with Gasteiger partial charge >= 0.3 is 6.03 Å². The van der Waals surface area contributed by atoms with Crippen LogP contribution < -0.4 is 15.4 Å². The van der Waals surface area contributed by atoms with Gasteiger partial charge in [-0.1, -0.05) is 12.1 Å². The Labute approximate surface area is 192 Å². The zero-order valence-electron chi connectivity index (χ0n) is 19.3. The second-order valence-corrected chi connectivity index (χ2v) is 8.02. The second kappa shape index (κ2) is 10.8. The van der Waals surface area contributed by atoms with Crippen molar-refractivity contribution in [3.8, 4) is 5.75 Å². The molecule has 0 spiro atoms. The summed E-state index contributed by atoms with van der Waals surface area (Å²) in [6.07, 6.45) is 3.89. The molecule has 2 aromatic rings. The number of ether oxygens (including phenoxy) is 2. The fourth-order valence-electron chi connectivity index (χ4n) is 3.64. The molecule has 2 heterocycles. The molecule has 1 saturated heterocycles. The number of likely N-dealkylation sites (tertiary alicyclic amines) is 1. The highest BCUT2D eigenvalue weighted by atomic mass is 16.5. The number of aromatic nitrogens is 2. The predicted molar refractivity (Wildman–Crippen MR) is 122 cm³/mol. The molecule has 1 aliphatic rings. The number of hydrogen-bond acceptors (Lipinski definition) is 6. The van der Waals surface area contributed by atoms with Crippen molar-refractivity contribution in [3.05, 3.63) is 36.7 Å². The number of methoxy groups -OCH3 is 1. The molecule has 0 radical (unpaired) electrons. The van der Waals surface area contributed by atoms with E-state index >= 15 is 0 Å². The Morgan fingerprint density at radius 2 is 1.97 bits per heavy atom. The number of para-hydroxylation sites is 2. The minimum Gasteiger partial charge on any atom is -0.495 e. The van der Waals surface area contributed by atoms with E-state index in [1.165, 1.54) is 11.8 Å². The monoisotopic (exact) mass is 458 g/mol. The summed E-state index contributed by atoms with van der Waals surface area (Å²) in [5.74, 6) is 0.218. The molecule has 0 saturated carbocycles. The van der Waals surface area contributed by atoms with Gasteiger partial charge in [-0.05, 0) is 18.6 Å². The Hall–Kier alpha value is -3.60. The number of amides is 4. The molecular weight excluding hydrogens is 428 g/mol. The highest BCUT2D eigenvalue weighted by molar-refractivity contribution is 5.91. The summed E-state index contributed by atoms with van der Waals surface area (Å²) in [4.78, 5) is 39.5. The summed E-state index contributed by atoms with van der Waals surface area (Å²) >= 11 is 0. The Bertz CT molecular complexity index is 991. The van der Waals surface area contributed by atoms with Gasteiger partial charge in [0, 0.05) is 33.8 Å². The number of likely N-dealkylation sites (N-methyl/N-ethyl adjacent to an activating group) is 1. The molecule has 178 valence electrons. The maximum absolute atomic E-state index is 13.2. The number of benzene rings is 1. The molecule has 0 unspecified atom stereocenters. The first kappa shape index (κ1) is 24.1. The first-order valence-corrected chi connectivity index (χ1v) is 10.6. The van der Waals surface area contributed by atoms with Crippen molar-refractivity contribution in [2.45, 2.75) is 25.4 Å². The van der Waals surface area contributed by atoms with Crippen LogP contribution in [0.25, 0.3) is 0 Å². The summed E-state index contributed by atoms with van der Waals surface area (Å²) in [7, 11) is 4.86. The van der Waals surface area contributed by atoms with E-state index in [2.05, 4.69) is 15.7 Å². The molecule has 11 heteroatoms. The van der Waals surface area contributed by atoms with Crippen LogP contribution in [-0.2, 0) is 14.3 Å². The van der Waals surface area contributed by atoms with Crippen LogP contribution in [0.4, 0.5) is 16.2 Å². The number of nitrogens with one attached hydrogen (secondary N) is 2. The Balaban J connectivity index is 1.73. The van der Waals surface area contributed by atoms with Gasteiger partial charge in [0.25, 0.3) is 0 Å². The van der Waals surface area contributed by atoms with Gasteiger partial charge in [0.1, 0.15) is 12.4 Å². The van der Waals surface area contributed by atoms with E-state index in [0.29, 0.717) is 30.1 Å². The lowest BCUT2D eigenvalue weighted by Crippen LogP contribution is -2.41. The Morgan fingerprint density at radius 3 is 2.67 bits per heavy atom. The van der Waals surface area contributed by atoms with Crippen LogP contribution in [0.15, 0.2) is 36.7 Å². The first-order chi connectivity index (χ1) is 15.8. The number of carbonyl (C=O) groups excluding carboxylic acids is 3. The van der Waals surface area contributed by atoms with Crippen molar-refractivity contribution < 1.29 is 23.9 Å². The molecule has 1 fully saturated rings. The summed E-state index contributed by atoms with van der Waals surface area (Å²) in [5.41, 5.74) is 1.15. The van der Waals surface area contributed by atoms with Crippen LogP contribution in [0, 0.1) is 0 Å². The summed E-state index contributed by atoms with van der Waals surface area (Å²) < 4.78 is 12.7. The van der Waals surface area contributed by atoms with Crippen molar-refractivity contribution in [2.75, 3.05) is 51.6 Å². The molecule has 1 aromatic heterocycles. The minimum atomic E-state index is -0.302. The number of rotatable bonds is 8. The summed E-state index contributed by atoms with van der Waals surface area (Å²) in [6.45, 7) is 1.96. The number of anilines is 2.